The van der Waals surface area contributed by atoms with Crippen molar-refractivity contribution < 1.29 is 28.3 Å². The van der Waals surface area contributed by atoms with Crippen LogP contribution in [0.5, 0.6) is 5.75 Å². The van der Waals surface area contributed by atoms with Crippen LogP contribution in [-0.2, 0) is 13.8 Å². The Balaban J connectivity index is 1.55. The van der Waals surface area contributed by atoms with Crippen LogP contribution in [0, 0.1) is 0 Å². The van der Waals surface area contributed by atoms with E-state index in [1.807, 2.05) is 24.3 Å². The van der Waals surface area contributed by atoms with Crippen LogP contribution in [0.4, 0.5) is 0 Å². The molecule has 0 saturated carbocycles. The number of phosphoric ester groups is 1. The van der Waals surface area contributed by atoms with E-state index < -0.39 is 7.82 Å². The Morgan fingerprint density at radius 1 is 0.659 bits per heavy atom. The first-order valence-electron chi connectivity index (χ1n) is 16.4. The Hall–Kier alpha value is -1.43. The van der Waals surface area contributed by atoms with Crippen molar-refractivity contribution in [2.45, 2.75) is 135 Å². The normalized spacial score (nSPS) is 12.7. The van der Waals surface area contributed by atoms with Crippen molar-refractivity contribution in [1.82, 2.24) is 0 Å². The lowest BCUT2D eigenvalue weighted by atomic mass is 10.0. The maximum atomic E-state index is 10.9. The second-order valence-corrected chi connectivity index (χ2v) is 12.7. The summed E-state index contributed by atoms with van der Waals surface area (Å²) in [7, 11) is -4.47. The van der Waals surface area contributed by atoms with Crippen molar-refractivity contribution in [2.24, 2.45) is 0 Å². The van der Waals surface area contributed by atoms with Crippen molar-refractivity contribution in [3.63, 3.8) is 0 Å². The third kappa shape index (κ3) is 18.7. The van der Waals surface area contributed by atoms with Gasteiger partial charge in [-0.05, 0) is 24.3 Å². The Bertz CT molecular complexity index is 940. The minimum atomic E-state index is -4.47. The van der Waals surface area contributed by atoms with E-state index in [1.165, 1.54) is 109 Å². The molecule has 1 atom stereocenters. The molecule has 0 bridgehead atoms. The number of rotatable bonds is 27. The first-order chi connectivity index (χ1) is 20.0. The lowest BCUT2D eigenvalue weighted by molar-refractivity contribution is 0.0277. The number of benzene rings is 2. The number of phosphoric acid groups is 1. The van der Waals surface area contributed by atoms with Crippen LogP contribution in [0.3, 0.4) is 0 Å². The molecule has 0 aliphatic heterocycles. The highest BCUT2D eigenvalue weighted by Crippen LogP contribution is 2.35. The summed E-state index contributed by atoms with van der Waals surface area (Å²) in [5.74, 6) is 0.838. The molecule has 0 aromatic heterocycles. The SMILES string of the molecule is CCCCCCCCCCCCCCCCCCCCC(COCCOP(=O)(O)O)Oc1cccc2ccccc12. The standard InChI is InChI=1S/C34H57O6P/c1-2-3-4-5-6-7-8-9-10-11-12-13-14-15-16-17-18-19-25-32(30-38-28-29-39-41(35,36)37)40-34-27-22-24-31-23-20-21-26-33(31)34/h20-24,26-27,32H,2-19,25,28-30H2,1H3,(H2,35,36,37). The van der Waals surface area contributed by atoms with Gasteiger partial charge in [-0.25, -0.2) is 4.57 Å². The van der Waals surface area contributed by atoms with Gasteiger partial charge in [0, 0.05) is 5.39 Å². The monoisotopic (exact) mass is 592 g/mol. The molecular weight excluding hydrogens is 535 g/mol. The summed E-state index contributed by atoms with van der Waals surface area (Å²) in [6.07, 6.45) is 25.1. The highest BCUT2D eigenvalue weighted by molar-refractivity contribution is 7.46. The van der Waals surface area contributed by atoms with Gasteiger partial charge >= 0.3 is 7.82 Å². The molecule has 6 nitrogen and oxygen atoms in total. The fourth-order valence-electron chi connectivity index (χ4n) is 5.36. The zero-order valence-corrected chi connectivity index (χ0v) is 26.5. The van der Waals surface area contributed by atoms with Gasteiger partial charge in [-0.2, -0.15) is 0 Å². The van der Waals surface area contributed by atoms with Crippen molar-refractivity contribution >= 4 is 18.6 Å². The zero-order chi connectivity index (χ0) is 29.4. The van der Waals surface area contributed by atoms with Crippen molar-refractivity contribution in [2.75, 3.05) is 19.8 Å². The minimum absolute atomic E-state index is 0.111. The van der Waals surface area contributed by atoms with Crippen LogP contribution in [0.15, 0.2) is 42.5 Å². The predicted octanol–water partition coefficient (Wildman–Crippen LogP) is 10.1. The molecule has 0 heterocycles. The van der Waals surface area contributed by atoms with Crippen LogP contribution in [0.1, 0.15) is 129 Å². The third-order valence-electron chi connectivity index (χ3n) is 7.71. The maximum Gasteiger partial charge on any atom is 0.469 e. The highest BCUT2D eigenvalue weighted by atomic mass is 31.2. The molecule has 0 fully saturated rings. The second-order valence-electron chi connectivity index (χ2n) is 11.4. The molecule has 0 radical (unpaired) electrons. The van der Waals surface area contributed by atoms with Gasteiger partial charge in [0.1, 0.15) is 11.9 Å². The number of unbranched alkanes of at least 4 members (excludes halogenated alkanes) is 17. The predicted molar refractivity (Wildman–Crippen MR) is 171 cm³/mol. The molecule has 2 N–H and O–H groups in total. The number of ether oxygens (including phenoxy) is 2. The fourth-order valence-corrected chi connectivity index (χ4v) is 5.67. The van der Waals surface area contributed by atoms with E-state index in [4.69, 9.17) is 19.3 Å². The molecule has 41 heavy (non-hydrogen) atoms. The number of hydrogen-bond donors (Lipinski definition) is 2. The van der Waals surface area contributed by atoms with E-state index in [-0.39, 0.29) is 19.3 Å². The van der Waals surface area contributed by atoms with Gasteiger partial charge in [-0.1, -0.05) is 152 Å². The Labute approximate surface area is 249 Å². The van der Waals surface area contributed by atoms with E-state index in [0.717, 1.165) is 29.4 Å². The van der Waals surface area contributed by atoms with Crippen LogP contribution in [0.2, 0.25) is 0 Å². The average Bonchev–Trinajstić information content (AvgIpc) is 2.95. The van der Waals surface area contributed by atoms with Gasteiger partial charge in [0.15, 0.2) is 0 Å². The minimum Gasteiger partial charge on any atom is -0.487 e. The smallest absolute Gasteiger partial charge is 0.469 e. The molecular formula is C34H57O6P. The topological polar surface area (TPSA) is 85.2 Å². The van der Waals surface area contributed by atoms with Gasteiger partial charge in [-0.3, -0.25) is 4.52 Å². The van der Waals surface area contributed by atoms with E-state index in [0.29, 0.717) is 6.61 Å². The maximum absolute atomic E-state index is 10.9. The first-order valence-corrected chi connectivity index (χ1v) is 17.9. The van der Waals surface area contributed by atoms with Crippen molar-refractivity contribution in [3.8, 4) is 5.75 Å². The summed E-state index contributed by atoms with van der Waals surface area (Å²) in [4.78, 5) is 17.7. The molecule has 0 amide bonds. The summed E-state index contributed by atoms with van der Waals surface area (Å²) in [6.45, 7) is 2.60. The number of hydrogen-bond acceptors (Lipinski definition) is 4. The molecule has 234 valence electrons. The van der Waals surface area contributed by atoms with Gasteiger partial charge < -0.3 is 19.3 Å². The highest BCUT2D eigenvalue weighted by Gasteiger charge is 2.15. The Morgan fingerprint density at radius 2 is 1.17 bits per heavy atom. The van der Waals surface area contributed by atoms with Crippen LogP contribution >= 0.6 is 7.82 Å². The van der Waals surface area contributed by atoms with E-state index >= 15 is 0 Å². The second kappa shape index (κ2) is 23.1. The average molecular weight is 593 g/mol. The molecule has 0 aliphatic rings. The van der Waals surface area contributed by atoms with Gasteiger partial charge in [-0.15, -0.1) is 0 Å². The molecule has 0 aliphatic carbocycles. The van der Waals surface area contributed by atoms with Crippen molar-refractivity contribution in [3.05, 3.63) is 42.5 Å². The summed E-state index contributed by atoms with van der Waals surface area (Å²) in [5.41, 5.74) is 0. The van der Waals surface area contributed by atoms with E-state index in [2.05, 4.69) is 29.6 Å². The molecule has 0 saturated heterocycles. The van der Waals surface area contributed by atoms with Gasteiger partial charge in [0.25, 0.3) is 0 Å². The Kier molecular flexibility index (Phi) is 20.1. The van der Waals surface area contributed by atoms with Crippen LogP contribution in [0.25, 0.3) is 10.8 Å². The molecule has 2 rings (SSSR count). The fraction of sp³-hybridized carbons (Fsp3) is 0.706. The van der Waals surface area contributed by atoms with Gasteiger partial charge in [0.2, 0.25) is 0 Å². The summed E-state index contributed by atoms with van der Waals surface area (Å²) >= 11 is 0. The van der Waals surface area contributed by atoms with Crippen LogP contribution in [-0.4, -0.2) is 35.7 Å². The third-order valence-corrected chi connectivity index (χ3v) is 8.23. The summed E-state index contributed by atoms with van der Waals surface area (Å²) < 4.78 is 27.4. The quantitative estimate of drug-likeness (QED) is 0.0793. The first kappa shape index (κ1) is 35.8. The van der Waals surface area contributed by atoms with Crippen LogP contribution < -0.4 is 4.74 Å². The van der Waals surface area contributed by atoms with E-state index in [1.54, 1.807) is 0 Å². The largest absolute Gasteiger partial charge is 0.487 e. The van der Waals surface area contributed by atoms with Crippen molar-refractivity contribution in [1.29, 1.82) is 0 Å². The molecule has 0 spiro atoms. The van der Waals surface area contributed by atoms with Gasteiger partial charge in [0.05, 0.1) is 19.8 Å². The molecule has 2 aromatic rings. The Morgan fingerprint density at radius 3 is 1.73 bits per heavy atom. The molecule has 1 unspecified atom stereocenters. The molecule has 2 aromatic carbocycles. The van der Waals surface area contributed by atoms with E-state index in [9.17, 15) is 4.57 Å². The summed E-state index contributed by atoms with van der Waals surface area (Å²) in [5, 5.41) is 2.20. The summed E-state index contributed by atoms with van der Waals surface area (Å²) in [6, 6.07) is 14.2. The number of fused-ring (bicyclic) bond motifs is 1. The lowest BCUT2D eigenvalue weighted by Crippen LogP contribution is -2.24. The molecule has 7 heteroatoms. The lowest BCUT2D eigenvalue weighted by Gasteiger charge is -2.20. The zero-order valence-electron chi connectivity index (χ0n) is 25.6.